The van der Waals surface area contributed by atoms with E-state index in [0.29, 0.717) is 17.5 Å². The van der Waals surface area contributed by atoms with Crippen molar-refractivity contribution >= 4 is 5.69 Å². The summed E-state index contributed by atoms with van der Waals surface area (Å²) in [6.45, 7) is 0.294. The number of aromatic nitrogens is 1. The summed E-state index contributed by atoms with van der Waals surface area (Å²) >= 11 is 0. The molecule has 1 aliphatic heterocycles. The average molecular weight is 152 g/mol. The van der Waals surface area contributed by atoms with Crippen LogP contribution in [0.1, 0.15) is 0 Å². The maximum atomic E-state index is 10.3. The van der Waals surface area contributed by atoms with Crippen molar-refractivity contribution in [2.24, 2.45) is 9.98 Å². The summed E-state index contributed by atoms with van der Waals surface area (Å²) in [5, 5.41) is 10.7. The van der Waals surface area contributed by atoms with Gasteiger partial charge in [0, 0.05) is 0 Å². The molecule has 1 N–H and O–H groups in total. The molecule has 0 spiro atoms. The van der Waals surface area contributed by atoms with Gasteiger partial charge in [-0.15, -0.1) is 0 Å². The average Bonchev–Trinajstić information content (AvgIpc) is 2.41. The van der Waals surface area contributed by atoms with Gasteiger partial charge in [0.2, 0.25) is 0 Å². The monoisotopic (exact) mass is 152 g/mol. The molecule has 6 nitrogen and oxygen atoms in total. The molecule has 11 heavy (non-hydrogen) atoms. The highest BCUT2D eigenvalue weighted by Gasteiger charge is 2.14. The van der Waals surface area contributed by atoms with Crippen molar-refractivity contribution in [3.63, 3.8) is 0 Å². The lowest BCUT2D eigenvalue weighted by Gasteiger charge is -1.79. The van der Waals surface area contributed by atoms with Gasteiger partial charge in [-0.05, 0) is 0 Å². The molecule has 0 atom stereocenters. The Kier molecular flexibility index (Phi) is 1.03. The van der Waals surface area contributed by atoms with E-state index < -0.39 is 4.92 Å². The number of fused-ring (bicyclic) bond motifs is 1. The molecule has 0 aromatic carbocycles. The van der Waals surface area contributed by atoms with Crippen LogP contribution in [0.25, 0.3) is 0 Å². The van der Waals surface area contributed by atoms with E-state index in [1.807, 2.05) is 0 Å². The Morgan fingerprint density at radius 3 is 3.18 bits per heavy atom. The van der Waals surface area contributed by atoms with E-state index in [-0.39, 0.29) is 5.69 Å². The molecule has 0 aliphatic carbocycles. The summed E-state index contributed by atoms with van der Waals surface area (Å²) in [7, 11) is 0. The van der Waals surface area contributed by atoms with Gasteiger partial charge < -0.3 is 4.98 Å². The number of H-pyrrole nitrogens is 1. The number of nitro groups is 1. The molecular formula is C5H4N4O2. The molecule has 0 bridgehead atoms. The molecule has 0 amide bonds. The lowest BCUT2D eigenvalue weighted by molar-refractivity contribution is -0.386. The molecule has 0 unspecified atom stereocenters. The van der Waals surface area contributed by atoms with E-state index >= 15 is 0 Å². The van der Waals surface area contributed by atoms with Crippen LogP contribution in [0.5, 0.6) is 0 Å². The quantitative estimate of drug-likeness (QED) is 0.419. The van der Waals surface area contributed by atoms with Crippen LogP contribution in [0.3, 0.4) is 0 Å². The summed E-state index contributed by atoms with van der Waals surface area (Å²) in [5.41, 5.74) is 0.512. The van der Waals surface area contributed by atoms with Crippen molar-refractivity contribution in [1.82, 2.24) is 4.98 Å². The molecule has 2 heterocycles. The van der Waals surface area contributed by atoms with Gasteiger partial charge in [-0.25, -0.2) is 4.99 Å². The summed E-state index contributed by atoms with van der Waals surface area (Å²) in [6, 6.07) is 0. The fourth-order valence-corrected chi connectivity index (χ4v) is 0.987. The minimum absolute atomic E-state index is 0.00116. The maximum Gasteiger partial charge on any atom is 0.314 e. The number of nitrogens with zero attached hydrogens (tertiary/aromatic N) is 3. The first kappa shape index (κ1) is 6.02. The van der Waals surface area contributed by atoms with E-state index in [1.165, 1.54) is 6.20 Å². The second kappa shape index (κ2) is 1.88. The molecular weight excluding hydrogens is 148 g/mol. The van der Waals surface area contributed by atoms with Gasteiger partial charge in [-0.1, -0.05) is 0 Å². The van der Waals surface area contributed by atoms with Gasteiger partial charge in [0.25, 0.3) is 0 Å². The van der Waals surface area contributed by atoms with Gasteiger partial charge in [-0.3, -0.25) is 15.1 Å². The molecule has 0 saturated heterocycles. The maximum absolute atomic E-state index is 10.3. The van der Waals surface area contributed by atoms with E-state index in [9.17, 15) is 10.1 Å². The number of hydrogen-bond donors (Lipinski definition) is 1. The van der Waals surface area contributed by atoms with E-state index in [2.05, 4.69) is 15.0 Å². The molecule has 56 valence electrons. The first-order valence-electron chi connectivity index (χ1n) is 3.00. The number of hydrogen-bond acceptors (Lipinski definition) is 4. The van der Waals surface area contributed by atoms with Crippen LogP contribution in [-0.4, -0.2) is 16.6 Å². The molecule has 1 aromatic heterocycles. The van der Waals surface area contributed by atoms with Gasteiger partial charge in [0.1, 0.15) is 6.67 Å². The predicted molar refractivity (Wildman–Crippen MR) is 34.6 cm³/mol. The fourth-order valence-electron chi connectivity index (χ4n) is 0.987. The van der Waals surface area contributed by atoms with E-state index in [1.54, 1.807) is 0 Å². The Hall–Kier alpha value is -1.72. The predicted octanol–water partition coefficient (Wildman–Crippen LogP) is -0.867. The zero-order chi connectivity index (χ0) is 7.84. The van der Waals surface area contributed by atoms with Gasteiger partial charge in [-0.2, -0.15) is 0 Å². The summed E-state index contributed by atoms with van der Waals surface area (Å²) in [6.07, 6.45) is 1.30. The second-order valence-corrected chi connectivity index (χ2v) is 2.09. The molecule has 0 radical (unpaired) electrons. The van der Waals surface area contributed by atoms with Crippen molar-refractivity contribution in [1.29, 1.82) is 0 Å². The van der Waals surface area contributed by atoms with Crippen molar-refractivity contribution in [2.45, 2.75) is 0 Å². The Morgan fingerprint density at radius 2 is 2.45 bits per heavy atom. The molecule has 2 rings (SSSR count). The molecule has 0 saturated carbocycles. The Morgan fingerprint density at radius 1 is 1.64 bits per heavy atom. The number of rotatable bonds is 1. The van der Waals surface area contributed by atoms with E-state index in [4.69, 9.17) is 0 Å². The van der Waals surface area contributed by atoms with Gasteiger partial charge in [0.05, 0.1) is 11.1 Å². The second-order valence-electron chi connectivity index (χ2n) is 2.09. The Balaban J connectivity index is 2.80. The van der Waals surface area contributed by atoms with Crippen LogP contribution >= 0.6 is 0 Å². The largest absolute Gasteiger partial charge is 0.339 e. The highest BCUT2D eigenvalue weighted by atomic mass is 16.6. The first-order valence-corrected chi connectivity index (χ1v) is 3.00. The van der Waals surface area contributed by atoms with Crippen LogP contribution in [-0.2, 0) is 0 Å². The minimum atomic E-state index is -0.473. The minimum Gasteiger partial charge on any atom is -0.339 e. The van der Waals surface area contributed by atoms with Crippen molar-refractivity contribution in [3.8, 4) is 0 Å². The van der Waals surface area contributed by atoms with Gasteiger partial charge >= 0.3 is 5.69 Å². The molecule has 6 heteroatoms. The molecule has 1 aliphatic rings. The highest BCUT2D eigenvalue weighted by Crippen LogP contribution is 1.98. The van der Waals surface area contributed by atoms with Crippen LogP contribution in [0.2, 0.25) is 0 Å². The third kappa shape index (κ3) is 0.721. The standard InChI is InChI=1S/C5H4N4O2/c10-9(11)3-1-6-5-4(3)7-2-8-5/h1H,2H2,(H,6,8). The number of aromatic amines is 1. The highest BCUT2D eigenvalue weighted by molar-refractivity contribution is 5.24. The normalized spacial score (nSPS) is 13.5. The molecule has 0 fully saturated rings. The third-order valence-corrected chi connectivity index (χ3v) is 1.47. The van der Waals surface area contributed by atoms with Crippen molar-refractivity contribution in [2.75, 3.05) is 6.67 Å². The first-order chi connectivity index (χ1) is 5.29. The lowest BCUT2D eigenvalue weighted by atomic mass is 10.5. The smallest absolute Gasteiger partial charge is 0.314 e. The zero-order valence-electron chi connectivity index (χ0n) is 5.44. The van der Waals surface area contributed by atoms with Crippen LogP contribution in [0, 0.1) is 10.1 Å². The van der Waals surface area contributed by atoms with Crippen LogP contribution < -0.4 is 10.8 Å². The third-order valence-electron chi connectivity index (χ3n) is 1.47. The van der Waals surface area contributed by atoms with Crippen LogP contribution in [0.15, 0.2) is 16.2 Å². The summed E-state index contributed by atoms with van der Waals surface area (Å²) in [4.78, 5) is 20.2. The summed E-state index contributed by atoms with van der Waals surface area (Å²) < 4.78 is 0. The Bertz CT molecular complexity index is 418. The lowest BCUT2D eigenvalue weighted by Crippen LogP contribution is -2.20. The van der Waals surface area contributed by atoms with Crippen molar-refractivity contribution < 1.29 is 4.92 Å². The topological polar surface area (TPSA) is 83.6 Å². The van der Waals surface area contributed by atoms with E-state index in [0.717, 1.165) is 0 Å². The number of nitrogens with one attached hydrogen (secondary N) is 1. The zero-order valence-corrected chi connectivity index (χ0v) is 5.44. The molecule has 1 aromatic rings. The Labute approximate surface area is 60.4 Å². The SMILES string of the molecule is O=[N+]([O-])c1c[nH]c2c1=NCN=2. The van der Waals surface area contributed by atoms with Gasteiger partial charge in [0.15, 0.2) is 10.8 Å². The summed E-state index contributed by atoms with van der Waals surface area (Å²) in [5.74, 6) is 0. The fraction of sp³-hybridized carbons (Fsp3) is 0.200. The van der Waals surface area contributed by atoms with Crippen molar-refractivity contribution in [3.05, 3.63) is 27.2 Å². The van der Waals surface area contributed by atoms with Crippen LogP contribution in [0.4, 0.5) is 5.69 Å².